The summed E-state index contributed by atoms with van der Waals surface area (Å²) < 4.78 is 18.3. The first-order valence-electron chi connectivity index (χ1n) is 8.26. The number of Topliss-reactive ketones (excluding diaryl/α,β-unsaturated/α-hetero) is 1. The van der Waals surface area contributed by atoms with Gasteiger partial charge in [-0.3, -0.25) is 4.79 Å². The maximum absolute atomic E-state index is 12.4. The molecule has 132 valence electrons. The molecule has 0 saturated heterocycles. The summed E-state index contributed by atoms with van der Waals surface area (Å²) in [5.41, 5.74) is 2.47. The minimum Gasteiger partial charge on any atom is -0.485 e. The zero-order valence-electron chi connectivity index (χ0n) is 14.6. The molecule has 1 aromatic heterocycles. The molecule has 0 bridgehead atoms. The first-order chi connectivity index (χ1) is 12.0. The second kappa shape index (κ2) is 7.01. The lowest BCUT2D eigenvalue weighted by Gasteiger charge is -2.24. The van der Waals surface area contributed by atoms with Crippen molar-refractivity contribution in [2.24, 2.45) is 0 Å². The van der Waals surface area contributed by atoms with Crippen molar-refractivity contribution >= 4 is 11.8 Å². The molecule has 3 rings (SSSR count). The van der Waals surface area contributed by atoms with E-state index in [2.05, 4.69) is 0 Å². The van der Waals surface area contributed by atoms with Crippen LogP contribution in [0, 0.1) is 13.8 Å². The highest BCUT2D eigenvalue weighted by atomic mass is 16.6. The molecule has 6 heteroatoms. The number of fused-ring (bicyclic) bond motifs is 1. The molecular weight excluding hydrogens is 322 g/mol. The van der Waals surface area contributed by atoms with Crippen molar-refractivity contribution in [2.45, 2.75) is 33.4 Å². The van der Waals surface area contributed by atoms with Crippen LogP contribution in [-0.4, -0.2) is 35.6 Å². The third kappa shape index (κ3) is 3.38. The van der Waals surface area contributed by atoms with Crippen LogP contribution in [0.3, 0.4) is 0 Å². The van der Waals surface area contributed by atoms with E-state index in [0.29, 0.717) is 17.1 Å². The number of carbonyl (C=O) groups excluding carboxylic acids is 2. The molecule has 0 radical (unpaired) electrons. The molecule has 6 nitrogen and oxygen atoms in total. The van der Waals surface area contributed by atoms with Crippen molar-refractivity contribution in [2.75, 3.05) is 13.2 Å². The standard InChI is InChI=1S/C19H21NO5/c1-4-20-12(2)9-14(13(20)3)15(21)10-24-19(22)18-11-23-16-7-5-6-8-17(16)25-18/h5-9,18H,4,10-11H2,1-3H3. The SMILES string of the molecule is CCn1c(C)cc(C(=O)COC(=O)C2COc3ccccc3O2)c1C. The molecule has 2 aromatic rings. The molecule has 0 amide bonds. The fourth-order valence-electron chi connectivity index (χ4n) is 3.01. The van der Waals surface area contributed by atoms with Gasteiger partial charge in [0, 0.05) is 23.5 Å². The molecule has 25 heavy (non-hydrogen) atoms. The van der Waals surface area contributed by atoms with Crippen LogP contribution < -0.4 is 9.47 Å². The number of aryl methyl sites for hydroxylation is 1. The normalized spacial score (nSPS) is 15.7. The van der Waals surface area contributed by atoms with Gasteiger partial charge in [-0.05, 0) is 39.0 Å². The van der Waals surface area contributed by atoms with E-state index in [0.717, 1.165) is 17.9 Å². The number of rotatable bonds is 5. The lowest BCUT2D eigenvalue weighted by molar-refractivity contribution is -0.153. The number of ether oxygens (including phenoxy) is 3. The Kier molecular flexibility index (Phi) is 4.79. The predicted octanol–water partition coefficient (Wildman–Crippen LogP) is 2.69. The summed E-state index contributed by atoms with van der Waals surface area (Å²) in [6.45, 7) is 6.40. The summed E-state index contributed by atoms with van der Waals surface area (Å²) in [5, 5.41) is 0. The number of aromatic nitrogens is 1. The minimum atomic E-state index is -0.870. The van der Waals surface area contributed by atoms with E-state index in [1.54, 1.807) is 18.2 Å². The van der Waals surface area contributed by atoms with Crippen LogP contribution in [0.15, 0.2) is 30.3 Å². The Labute approximate surface area is 146 Å². The average Bonchev–Trinajstić information content (AvgIpc) is 2.92. The van der Waals surface area contributed by atoms with E-state index in [1.165, 1.54) is 0 Å². The van der Waals surface area contributed by atoms with Crippen LogP contribution >= 0.6 is 0 Å². The van der Waals surface area contributed by atoms with Crippen molar-refractivity contribution in [3.8, 4) is 11.5 Å². The van der Waals surface area contributed by atoms with E-state index in [-0.39, 0.29) is 19.0 Å². The molecule has 1 aliphatic heterocycles. The van der Waals surface area contributed by atoms with Gasteiger partial charge in [-0.15, -0.1) is 0 Å². The zero-order valence-corrected chi connectivity index (χ0v) is 14.6. The summed E-state index contributed by atoms with van der Waals surface area (Å²) in [7, 11) is 0. The maximum Gasteiger partial charge on any atom is 0.351 e. The van der Waals surface area contributed by atoms with Crippen molar-refractivity contribution in [1.82, 2.24) is 4.57 Å². The largest absolute Gasteiger partial charge is 0.485 e. The number of esters is 1. The molecule has 0 N–H and O–H groups in total. The highest BCUT2D eigenvalue weighted by Gasteiger charge is 2.29. The van der Waals surface area contributed by atoms with Crippen LogP contribution in [-0.2, 0) is 16.1 Å². The smallest absolute Gasteiger partial charge is 0.351 e. The molecule has 1 aliphatic rings. The van der Waals surface area contributed by atoms with E-state index in [4.69, 9.17) is 14.2 Å². The third-order valence-corrected chi connectivity index (χ3v) is 4.31. The second-order valence-corrected chi connectivity index (χ2v) is 5.92. The van der Waals surface area contributed by atoms with Crippen molar-refractivity contribution < 1.29 is 23.8 Å². The Balaban J connectivity index is 1.60. The van der Waals surface area contributed by atoms with Crippen LogP contribution in [0.4, 0.5) is 0 Å². The summed E-state index contributed by atoms with van der Waals surface area (Å²) in [4.78, 5) is 24.5. The molecule has 0 fully saturated rings. The van der Waals surface area contributed by atoms with E-state index in [9.17, 15) is 9.59 Å². The monoisotopic (exact) mass is 343 g/mol. The number of hydrogen-bond donors (Lipinski definition) is 0. The van der Waals surface area contributed by atoms with Gasteiger partial charge in [0.1, 0.15) is 6.61 Å². The molecule has 1 aromatic carbocycles. The van der Waals surface area contributed by atoms with Crippen molar-refractivity contribution in [1.29, 1.82) is 0 Å². The fraction of sp³-hybridized carbons (Fsp3) is 0.368. The molecule has 2 heterocycles. The van der Waals surface area contributed by atoms with Gasteiger partial charge >= 0.3 is 5.97 Å². The lowest BCUT2D eigenvalue weighted by atomic mass is 10.1. The van der Waals surface area contributed by atoms with Gasteiger partial charge in [0.25, 0.3) is 0 Å². The molecule has 0 aliphatic carbocycles. The number of para-hydroxylation sites is 2. The minimum absolute atomic E-state index is 0.0639. The number of carbonyl (C=O) groups is 2. The molecule has 0 spiro atoms. The maximum atomic E-state index is 12.4. The van der Waals surface area contributed by atoms with E-state index < -0.39 is 12.1 Å². The number of ketones is 1. The van der Waals surface area contributed by atoms with Gasteiger partial charge in [-0.2, -0.15) is 0 Å². The summed E-state index contributed by atoms with van der Waals surface area (Å²) >= 11 is 0. The van der Waals surface area contributed by atoms with Crippen LogP contribution in [0.1, 0.15) is 28.7 Å². The number of hydrogen-bond acceptors (Lipinski definition) is 5. The Morgan fingerprint density at radius 1 is 1.24 bits per heavy atom. The summed E-state index contributed by atoms with van der Waals surface area (Å²) in [5.74, 6) is 0.258. The zero-order chi connectivity index (χ0) is 18.0. The van der Waals surface area contributed by atoms with Gasteiger partial charge in [-0.25, -0.2) is 4.79 Å². The van der Waals surface area contributed by atoms with Crippen LogP contribution in [0.2, 0.25) is 0 Å². The highest BCUT2D eigenvalue weighted by Crippen LogP contribution is 2.31. The Morgan fingerprint density at radius 3 is 2.64 bits per heavy atom. The summed E-state index contributed by atoms with van der Waals surface area (Å²) in [6, 6.07) is 8.93. The Bertz CT molecular complexity index is 808. The van der Waals surface area contributed by atoms with Crippen LogP contribution in [0.25, 0.3) is 0 Å². The van der Waals surface area contributed by atoms with Gasteiger partial charge in [-0.1, -0.05) is 12.1 Å². The van der Waals surface area contributed by atoms with Crippen LogP contribution in [0.5, 0.6) is 11.5 Å². The first kappa shape index (κ1) is 17.1. The van der Waals surface area contributed by atoms with Gasteiger partial charge in [0.05, 0.1) is 0 Å². The molecule has 1 atom stereocenters. The van der Waals surface area contributed by atoms with Crippen molar-refractivity contribution in [3.63, 3.8) is 0 Å². The molecular formula is C19H21NO5. The van der Waals surface area contributed by atoms with Gasteiger partial charge < -0.3 is 18.8 Å². The number of nitrogens with zero attached hydrogens (tertiary/aromatic N) is 1. The van der Waals surface area contributed by atoms with Gasteiger partial charge in [0.15, 0.2) is 18.1 Å². The summed E-state index contributed by atoms with van der Waals surface area (Å²) in [6.07, 6.45) is -0.870. The fourth-order valence-corrected chi connectivity index (χ4v) is 3.01. The first-order valence-corrected chi connectivity index (χ1v) is 8.26. The third-order valence-electron chi connectivity index (χ3n) is 4.31. The molecule has 1 unspecified atom stereocenters. The number of benzene rings is 1. The molecule has 0 saturated carbocycles. The quantitative estimate of drug-likeness (QED) is 0.617. The topological polar surface area (TPSA) is 66.8 Å². The highest BCUT2D eigenvalue weighted by molar-refractivity contribution is 5.99. The Hall–Kier alpha value is -2.76. The van der Waals surface area contributed by atoms with E-state index in [1.807, 2.05) is 37.5 Å². The van der Waals surface area contributed by atoms with Gasteiger partial charge in [0.2, 0.25) is 11.9 Å². The Morgan fingerprint density at radius 2 is 1.96 bits per heavy atom. The predicted molar refractivity (Wildman–Crippen MR) is 91.2 cm³/mol. The second-order valence-electron chi connectivity index (χ2n) is 5.92. The van der Waals surface area contributed by atoms with Crippen molar-refractivity contribution in [3.05, 3.63) is 47.3 Å². The average molecular weight is 343 g/mol. The lowest BCUT2D eigenvalue weighted by Crippen LogP contribution is -2.38. The van der Waals surface area contributed by atoms with E-state index >= 15 is 0 Å².